The molecule has 0 amide bonds. The molecule has 0 saturated heterocycles. The average molecular weight is 390 g/mol. The number of anilines is 1. The van der Waals surface area contributed by atoms with E-state index in [4.69, 9.17) is 14.9 Å². The quantitative estimate of drug-likeness (QED) is 0.813. The molecule has 1 unspecified atom stereocenters. The van der Waals surface area contributed by atoms with Gasteiger partial charge in [-0.3, -0.25) is 0 Å². The summed E-state index contributed by atoms with van der Waals surface area (Å²) in [4.78, 5) is 0. The van der Waals surface area contributed by atoms with E-state index in [0.29, 0.717) is 11.2 Å². The Bertz CT molecular complexity index is 538. The highest BCUT2D eigenvalue weighted by atomic mass is 79.9. The van der Waals surface area contributed by atoms with Crippen LogP contribution in [-0.4, -0.2) is 13.7 Å². The summed E-state index contributed by atoms with van der Waals surface area (Å²) in [6.45, 7) is 0.407. The molecule has 1 aromatic carbocycles. The summed E-state index contributed by atoms with van der Waals surface area (Å²) < 4.78 is 12.4. The van der Waals surface area contributed by atoms with Crippen LogP contribution < -0.4 is 15.8 Å². The summed E-state index contributed by atoms with van der Waals surface area (Å²) in [5.74, 6) is 1.53. The Labute approximate surface area is 128 Å². The topological polar surface area (TPSA) is 60.4 Å². The molecule has 0 saturated carbocycles. The van der Waals surface area contributed by atoms with E-state index in [-0.39, 0.29) is 6.04 Å². The molecule has 0 fully saturated rings. The van der Waals surface area contributed by atoms with Gasteiger partial charge in [0.1, 0.15) is 11.5 Å². The van der Waals surface area contributed by atoms with Gasteiger partial charge >= 0.3 is 0 Å². The zero-order chi connectivity index (χ0) is 13.8. The number of nitrogens with one attached hydrogen (secondary N) is 1. The lowest BCUT2D eigenvalue weighted by Crippen LogP contribution is -2.20. The van der Waals surface area contributed by atoms with Gasteiger partial charge in [0.05, 0.1) is 23.3 Å². The zero-order valence-electron chi connectivity index (χ0n) is 10.3. The number of hydrogen-bond donors (Lipinski definition) is 2. The lowest BCUT2D eigenvalue weighted by molar-refractivity contribution is 0.414. The highest BCUT2D eigenvalue weighted by Gasteiger charge is 2.17. The molecular weight excluding hydrogens is 376 g/mol. The fraction of sp³-hybridized carbons (Fsp3) is 0.231. The molecule has 6 heteroatoms. The van der Waals surface area contributed by atoms with E-state index in [2.05, 4.69) is 37.2 Å². The molecule has 0 radical (unpaired) electrons. The molecule has 0 aliphatic heterocycles. The number of furan rings is 1. The van der Waals surface area contributed by atoms with Gasteiger partial charge in [0, 0.05) is 6.54 Å². The summed E-state index contributed by atoms with van der Waals surface area (Å²) in [5, 5.41) is 3.32. The molecule has 3 N–H and O–H groups in total. The number of halogens is 2. The van der Waals surface area contributed by atoms with Crippen molar-refractivity contribution in [3.05, 3.63) is 45.2 Å². The van der Waals surface area contributed by atoms with Crippen LogP contribution in [0.15, 0.2) is 43.9 Å². The minimum atomic E-state index is -0.126. The van der Waals surface area contributed by atoms with Crippen molar-refractivity contribution >= 4 is 37.5 Å². The lowest BCUT2D eigenvalue weighted by atomic mass is 10.2. The van der Waals surface area contributed by atoms with Gasteiger partial charge in [0.15, 0.2) is 4.67 Å². The van der Waals surface area contributed by atoms with E-state index in [1.165, 1.54) is 0 Å². The van der Waals surface area contributed by atoms with Crippen molar-refractivity contribution in [1.82, 2.24) is 0 Å². The highest BCUT2D eigenvalue weighted by molar-refractivity contribution is 9.13. The maximum atomic E-state index is 5.81. The summed E-state index contributed by atoms with van der Waals surface area (Å²) in [7, 11) is 1.64. The smallest absolute Gasteiger partial charge is 0.183 e. The minimum Gasteiger partial charge on any atom is -0.495 e. The maximum absolute atomic E-state index is 5.81. The summed E-state index contributed by atoms with van der Waals surface area (Å²) in [6, 6.07) is 9.45. The van der Waals surface area contributed by atoms with Gasteiger partial charge in [0.2, 0.25) is 0 Å². The first kappa shape index (κ1) is 14.4. The summed E-state index contributed by atoms with van der Waals surface area (Å²) >= 11 is 6.71. The van der Waals surface area contributed by atoms with E-state index in [0.717, 1.165) is 21.7 Å². The number of hydrogen-bond acceptors (Lipinski definition) is 4. The molecule has 102 valence electrons. The highest BCUT2D eigenvalue weighted by Crippen LogP contribution is 2.33. The SMILES string of the molecule is COc1ccccc1NC(CN)c1cc(Br)c(Br)o1. The van der Waals surface area contributed by atoms with Crippen molar-refractivity contribution in [2.45, 2.75) is 6.04 Å². The van der Waals surface area contributed by atoms with Crippen molar-refractivity contribution in [1.29, 1.82) is 0 Å². The van der Waals surface area contributed by atoms with Gasteiger partial charge in [0.25, 0.3) is 0 Å². The lowest BCUT2D eigenvalue weighted by Gasteiger charge is -2.17. The maximum Gasteiger partial charge on any atom is 0.183 e. The van der Waals surface area contributed by atoms with E-state index >= 15 is 0 Å². The van der Waals surface area contributed by atoms with Crippen LogP contribution in [0, 0.1) is 0 Å². The summed E-state index contributed by atoms with van der Waals surface area (Å²) in [5.41, 5.74) is 6.69. The molecular formula is C13H14Br2N2O2. The van der Waals surface area contributed by atoms with Crippen molar-refractivity contribution in [2.24, 2.45) is 5.73 Å². The zero-order valence-corrected chi connectivity index (χ0v) is 13.5. The number of nitrogens with two attached hydrogens (primary N) is 1. The molecule has 19 heavy (non-hydrogen) atoms. The second kappa shape index (κ2) is 6.45. The van der Waals surface area contributed by atoms with Crippen LogP contribution in [-0.2, 0) is 0 Å². The Morgan fingerprint density at radius 3 is 2.68 bits per heavy atom. The van der Waals surface area contributed by atoms with Crippen molar-refractivity contribution in [3.8, 4) is 5.75 Å². The van der Waals surface area contributed by atoms with Crippen LogP contribution in [0.5, 0.6) is 5.75 Å². The summed E-state index contributed by atoms with van der Waals surface area (Å²) in [6.07, 6.45) is 0. The third-order valence-electron chi connectivity index (χ3n) is 2.68. The second-order valence-corrected chi connectivity index (χ2v) is 5.48. The Morgan fingerprint density at radius 2 is 2.11 bits per heavy atom. The number of ether oxygens (including phenoxy) is 1. The van der Waals surface area contributed by atoms with Crippen molar-refractivity contribution in [3.63, 3.8) is 0 Å². The van der Waals surface area contributed by atoms with Crippen molar-refractivity contribution in [2.75, 3.05) is 19.0 Å². The van der Waals surface area contributed by atoms with Gasteiger partial charge < -0.3 is 20.2 Å². The molecule has 2 aromatic rings. The van der Waals surface area contributed by atoms with Crippen LogP contribution in [0.1, 0.15) is 11.8 Å². The number of methoxy groups -OCH3 is 1. The molecule has 1 aromatic heterocycles. The van der Waals surface area contributed by atoms with Crippen LogP contribution in [0.2, 0.25) is 0 Å². The fourth-order valence-corrected chi connectivity index (χ4v) is 2.34. The van der Waals surface area contributed by atoms with E-state index in [9.17, 15) is 0 Å². The fourth-order valence-electron chi connectivity index (χ4n) is 1.73. The minimum absolute atomic E-state index is 0.126. The normalized spacial score (nSPS) is 12.2. The largest absolute Gasteiger partial charge is 0.495 e. The average Bonchev–Trinajstić information content (AvgIpc) is 2.76. The van der Waals surface area contributed by atoms with Gasteiger partial charge in [-0.1, -0.05) is 12.1 Å². The van der Waals surface area contributed by atoms with E-state index < -0.39 is 0 Å². The van der Waals surface area contributed by atoms with Gasteiger partial charge in [-0.2, -0.15) is 0 Å². The predicted molar refractivity (Wildman–Crippen MR) is 82.5 cm³/mol. The van der Waals surface area contributed by atoms with Gasteiger partial charge in [-0.25, -0.2) is 0 Å². The second-order valence-electron chi connectivity index (χ2n) is 3.90. The standard InChI is InChI=1S/C13H14Br2N2O2/c1-18-11-5-3-2-4-9(11)17-10(7-16)12-6-8(14)13(15)19-12/h2-6,10,17H,7,16H2,1H3. The molecule has 1 atom stereocenters. The first-order valence-electron chi connectivity index (χ1n) is 5.70. The Hall–Kier alpha value is -0.980. The number of rotatable bonds is 5. The number of para-hydroxylation sites is 2. The Balaban J connectivity index is 2.23. The van der Waals surface area contributed by atoms with Gasteiger partial charge in [-0.15, -0.1) is 0 Å². The first-order chi connectivity index (χ1) is 9.15. The van der Waals surface area contributed by atoms with Crippen LogP contribution >= 0.6 is 31.9 Å². The third kappa shape index (κ3) is 3.32. The first-order valence-corrected chi connectivity index (χ1v) is 7.28. The van der Waals surface area contributed by atoms with E-state index in [1.54, 1.807) is 7.11 Å². The monoisotopic (exact) mass is 388 g/mol. The molecule has 0 aliphatic carbocycles. The molecule has 1 heterocycles. The molecule has 0 aliphatic rings. The van der Waals surface area contributed by atoms with Crippen LogP contribution in [0.4, 0.5) is 5.69 Å². The van der Waals surface area contributed by atoms with Crippen LogP contribution in [0.25, 0.3) is 0 Å². The Morgan fingerprint density at radius 1 is 1.37 bits per heavy atom. The van der Waals surface area contributed by atoms with Crippen molar-refractivity contribution < 1.29 is 9.15 Å². The molecule has 0 bridgehead atoms. The molecule has 0 spiro atoms. The van der Waals surface area contributed by atoms with E-state index in [1.807, 2.05) is 30.3 Å². The third-order valence-corrected chi connectivity index (χ3v) is 4.39. The number of benzene rings is 1. The molecule has 4 nitrogen and oxygen atoms in total. The van der Waals surface area contributed by atoms with Crippen LogP contribution in [0.3, 0.4) is 0 Å². The molecule has 2 rings (SSSR count). The van der Waals surface area contributed by atoms with Gasteiger partial charge in [-0.05, 0) is 50.1 Å². The Kier molecular flexibility index (Phi) is 4.90. The predicted octanol–water partition coefficient (Wildman–Crippen LogP) is 3.93.